The molecule has 0 aliphatic rings. The molecule has 14 heavy (non-hydrogen) atoms. The molecule has 6 heteroatoms. The number of nitro benzene ring substituents is 1. The molecular weight excluding hydrogens is 213 g/mol. The molecule has 0 N–H and O–H groups in total. The summed E-state index contributed by atoms with van der Waals surface area (Å²) >= 11 is 3.90. The Morgan fingerprint density at radius 2 is 2.14 bits per heavy atom. The van der Waals surface area contributed by atoms with Crippen LogP contribution in [0.15, 0.2) is 23.1 Å². The molecule has 0 radical (unpaired) electrons. The number of nitrogens with zero attached hydrogens (tertiary/aromatic N) is 1. The maximum Gasteiger partial charge on any atom is 1.00 e. The van der Waals surface area contributed by atoms with Crippen LogP contribution < -0.4 is 29.6 Å². The van der Waals surface area contributed by atoms with E-state index in [0.29, 0.717) is 5.56 Å². The van der Waals surface area contributed by atoms with Crippen molar-refractivity contribution in [2.75, 3.05) is 0 Å². The summed E-state index contributed by atoms with van der Waals surface area (Å²) in [5.41, 5.74) is 0.181. The predicted octanol–water partition coefficient (Wildman–Crippen LogP) is -0.797. The van der Waals surface area contributed by atoms with Crippen LogP contribution in [-0.4, -0.2) is 10.7 Å². The van der Waals surface area contributed by atoms with E-state index in [9.17, 15) is 14.9 Å². The zero-order valence-corrected chi connectivity index (χ0v) is 10.7. The van der Waals surface area contributed by atoms with Crippen molar-refractivity contribution in [1.29, 1.82) is 0 Å². The van der Waals surface area contributed by atoms with Gasteiger partial charge in [0.05, 0.1) is 9.82 Å². The van der Waals surface area contributed by atoms with Gasteiger partial charge in [0.2, 0.25) is 0 Å². The zero-order chi connectivity index (χ0) is 10.0. The first-order valence-corrected chi connectivity index (χ1v) is 3.95. The smallest absolute Gasteiger partial charge is 1.00 e. The molecule has 0 bridgehead atoms. The van der Waals surface area contributed by atoms with Gasteiger partial charge in [-0.25, -0.2) is 0 Å². The van der Waals surface area contributed by atoms with E-state index in [1.165, 1.54) is 25.1 Å². The fourth-order valence-electron chi connectivity index (χ4n) is 0.889. The van der Waals surface area contributed by atoms with Crippen molar-refractivity contribution >= 4 is 24.1 Å². The van der Waals surface area contributed by atoms with Crippen LogP contribution in [0.4, 0.5) is 5.69 Å². The first kappa shape index (κ1) is 13.6. The monoisotopic (exact) mass is 221 g/mol. The first-order chi connectivity index (χ1) is 6.02. The molecule has 0 fully saturated rings. The molecule has 0 saturated heterocycles. The van der Waals surface area contributed by atoms with Crippen LogP contribution in [0.1, 0.15) is 18.7 Å². The van der Waals surface area contributed by atoms with Gasteiger partial charge >= 0.3 is 29.6 Å². The Morgan fingerprint density at radius 1 is 1.57 bits per heavy atom. The predicted molar refractivity (Wildman–Crippen MR) is 51.5 cm³/mol. The second-order valence-corrected chi connectivity index (χ2v) is 3.00. The van der Waals surface area contributed by atoms with E-state index >= 15 is 0 Å². The van der Waals surface area contributed by atoms with E-state index < -0.39 is 4.92 Å². The van der Waals surface area contributed by atoms with Gasteiger partial charge in [0.1, 0.15) is 0 Å². The Balaban J connectivity index is 0. The van der Waals surface area contributed by atoms with Crippen LogP contribution in [0.3, 0.4) is 0 Å². The minimum absolute atomic E-state index is 0. The minimum Gasteiger partial charge on any atom is -1.00 e. The van der Waals surface area contributed by atoms with Gasteiger partial charge in [-0.2, -0.15) is 0 Å². The van der Waals surface area contributed by atoms with Crippen molar-refractivity contribution in [2.24, 2.45) is 0 Å². The van der Waals surface area contributed by atoms with E-state index in [2.05, 4.69) is 12.6 Å². The standard InChI is InChI=1S/C8H7NO3S.Na.H/c1-5(10)6-2-3-8(13)7(4-6)9(11)12;;/h2-4,13H,1H3;;/q;+1;-1. The second-order valence-electron chi connectivity index (χ2n) is 2.52. The quantitative estimate of drug-likeness (QED) is 0.234. The SMILES string of the molecule is CC(=O)c1ccc(S)c([N+](=O)[O-])c1.[H-].[Na+]. The number of ketones is 1. The number of thiol groups is 1. The van der Waals surface area contributed by atoms with Gasteiger partial charge in [-0.3, -0.25) is 14.9 Å². The molecule has 0 aromatic heterocycles. The number of hydrogen-bond donors (Lipinski definition) is 1. The van der Waals surface area contributed by atoms with Crippen molar-refractivity contribution in [3.05, 3.63) is 33.9 Å². The molecule has 4 nitrogen and oxygen atoms in total. The molecule has 0 spiro atoms. The maximum absolute atomic E-state index is 10.9. The molecular formula is C8H8NNaO3S. The summed E-state index contributed by atoms with van der Waals surface area (Å²) in [7, 11) is 0. The van der Waals surface area contributed by atoms with Gasteiger partial charge in [0, 0.05) is 11.6 Å². The van der Waals surface area contributed by atoms with E-state index in [-0.39, 0.29) is 47.4 Å². The fraction of sp³-hybridized carbons (Fsp3) is 0.125. The van der Waals surface area contributed by atoms with Crippen LogP contribution >= 0.6 is 12.6 Å². The molecule has 1 aromatic rings. The number of nitro groups is 1. The number of carbonyl (C=O) groups is 1. The largest absolute Gasteiger partial charge is 1.00 e. The van der Waals surface area contributed by atoms with Crippen molar-refractivity contribution in [1.82, 2.24) is 0 Å². The third kappa shape index (κ3) is 3.09. The number of hydrogen-bond acceptors (Lipinski definition) is 4. The van der Waals surface area contributed by atoms with Crippen molar-refractivity contribution in [2.45, 2.75) is 11.8 Å². The topological polar surface area (TPSA) is 60.2 Å². The Labute approximate surface area is 110 Å². The Bertz CT molecular complexity index is 386. The minimum atomic E-state index is -0.561. The molecule has 0 unspecified atom stereocenters. The van der Waals surface area contributed by atoms with Gasteiger partial charge in [-0.15, -0.1) is 12.6 Å². The normalized spacial score (nSPS) is 9.00. The molecule has 1 rings (SSSR count). The summed E-state index contributed by atoms with van der Waals surface area (Å²) in [4.78, 5) is 21.0. The van der Waals surface area contributed by atoms with Crippen LogP contribution in [0.2, 0.25) is 0 Å². The number of carbonyl (C=O) groups excluding carboxylic acids is 1. The number of rotatable bonds is 2. The molecule has 0 aliphatic carbocycles. The maximum atomic E-state index is 10.9. The molecule has 1 aromatic carbocycles. The summed E-state index contributed by atoms with van der Waals surface area (Å²) in [6.07, 6.45) is 0. The molecule has 0 saturated carbocycles. The van der Waals surface area contributed by atoms with Crippen molar-refractivity contribution in [3.8, 4) is 0 Å². The Hall–Kier alpha value is -0.360. The molecule has 0 heterocycles. The van der Waals surface area contributed by atoms with E-state index in [4.69, 9.17) is 0 Å². The number of Topliss-reactive ketones (excluding diaryl/α,β-unsaturated/α-hetero) is 1. The average molecular weight is 221 g/mol. The van der Waals surface area contributed by atoms with Crippen molar-refractivity contribution in [3.63, 3.8) is 0 Å². The Kier molecular flexibility index (Phi) is 5.36. The Morgan fingerprint density at radius 3 is 2.57 bits per heavy atom. The third-order valence-electron chi connectivity index (χ3n) is 1.58. The number of benzene rings is 1. The van der Waals surface area contributed by atoms with Gasteiger partial charge in [0.15, 0.2) is 5.78 Å². The van der Waals surface area contributed by atoms with E-state index in [1.54, 1.807) is 0 Å². The summed E-state index contributed by atoms with van der Waals surface area (Å²) < 4.78 is 0. The van der Waals surface area contributed by atoms with E-state index in [1.807, 2.05) is 0 Å². The van der Waals surface area contributed by atoms with Crippen LogP contribution in [0, 0.1) is 10.1 Å². The third-order valence-corrected chi connectivity index (χ3v) is 1.96. The summed E-state index contributed by atoms with van der Waals surface area (Å²) in [5.74, 6) is -0.198. The molecule has 0 aliphatic heterocycles. The van der Waals surface area contributed by atoms with Crippen LogP contribution in [0.25, 0.3) is 0 Å². The van der Waals surface area contributed by atoms with E-state index in [0.717, 1.165) is 0 Å². The fourth-order valence-corrected chi connectivity index (χ4v) is 1.11. The van der Waals surface area contributed by atoms with Gasteiger partial charge in [-0.05, 0) is 19.1 Å². The summed E-state index contributed by atoms with van der Waals surface area (Å²) in [6, 6.07) is 4.18. The van der Waals surface area contributed by atoms with Crippen LogP contribution in [0.5, 0.6) is 0 Å². The average Bonchev–Trinajstić information content (AvgIpc) is 2.04. The van der Waals surface area contributed by atoms with Gasteiger partial charge < -0.3 is 1.43 Å². The zero-order valence-electron chi connectivity index (χ0n) is 8.85. The molecule has 70 valence electrons. The van der Waals surface area contributed by atoms with Crippen molar-refractivity contribution < 1.29 is 40.7 Å². The molecule has 0 amide bonds. The summed E-state index contributed by atoms with van der Waals surface area (Å²) in [5, 5.41) is 10.4. The van der Waals surface area contributed by atoms with Crippen LogP contribution in [-0.2, 0) is 0 Å². The van der Waals surface area contributed by atoms with Gasteiger partial charge in [-0.1, -0.05) is 0 Å². The second kappa shape index (κ2) is 5.50. The molecule has 0 atom stereocenters. The first-order valence-electron chi connectivity index (χ1n) is 3.50. The summed E-state index contributed by atoms with van der Waals surface area (Å²) in [6.45, 7) is 1.36. The van der Waals surface area contributed by atoms with Gasteiger partial charge in [0.25, 0.3) is 5.69 Å².